The summed E-state index contributed by atoms with van der Waals surface area (Å²) in [6.07, 6.45) is 1.02. The monoisotopic (exact) mass is 243 g/mol. The van der Waals surface area contributed by atoms with Gasteiger partial charge in [-0.3, -0.25) is 4.90 Å². The van der Waals surface area contributed by atoms with Gasteiger partial charge in [-0.15, -0.1) is 0 Å². The molecule has 1 amide bonds. The quantitative estimate of drug-likeness (QED) is 0.695. The number of rotatable bonds is 2. The highest BCUT2D eigenvalue weighted by molar-refractivity contribution is 5.82. The number of carbonyl (C=O) groups excluding carboxylic acids is 2. The molecule has 98 valence electrons. The Bertz CT molecular complexity index is 295. The molecule has 0 unspecified atom stereocenters. The van der Waals surface area contributed by atoms with Crippen LogP contribution in [0.25, 0.3) is 0 Å². The van der Waals surface area contributed by atoms with Crippen molar-refractivity contribution in [1.29, 1.82) is 0 Å². The van der Waals surface area contributed by atoms with E-state index in [1.807, 2.05) is 0 Å². The summed E-state index contributed by atoms with van der Waals surface area (Å²) in [7, 11) is 0. The SMILES string of the molecule is CCOC(=O)[C@H]1CCCN1C(=O)OC(C)(C)C. The zero-order valence-corrected chi connectivity index (χ0v) is 11.0. The molecule has 0 bridgehead atoms. The van der Waals surface area contributed by atoms with Gasteiger partial charge in [-0.1, -0.05) is 0 Å². The Kier molecular flexibility index (Phi) is 4.37. The lowest BCUT2D eigenvalue weighted by atomic mass is 10.2. The largest absolute Gasteiger partial charge is 0.464 e. The fourth-order valence-corrected chi connectivity index (χ4v) is 1.79. The first-order chi connectivity index (χ1) is 7.85. The van der Waals surface area contributed by atoms with E-state index in [1.165, 1.54) is 4.90 Å². The van der Waals surface area contributed by atoms with E-state index in [0.717, 1.165) is 6.42 Å². The molecule has 5 nitrogen and oxygen atoms in total. The molecule has 0 aromatic rings. The zero-order chi connectivity index (χ0) is 13.1. The van der Waals surface area contributed by atoms with Crippen molar-refractivity contribution in [2.45, 2.75) is 52.2 Å². The Morgan fingerprint density at radius 3 is 2.53 bits per heavy atom. The fourth-order valence-electron chi connectivity index (χ4n) is 1.79. The smallest absolute Gasteiger partial charge is 0.411 e. The number of carbonyl (C=O) groups is 2. The Balaban J connectivity index is 2.63. The Morgan fingerprint density at radius 1 is 1.35 bits per heavy atom. The Hall–Kier alpha value is -1.26. The first-order valence-electron chi connectivity index (χ1n) is 6.01. The molecule has 0 aliphatic carbocycles. The molecule has 1 heterocycles. The minimum absolute atomic E-state index is 0.331. The van der Waals surface area contributed by atoms with Crippen LogP contribution in [-0.4, -0.2) is 41.8 Å². The van der Waals surface area contributed by atoms with Crippen LogP contribution in [0.1, 0.15) is 40.5 Å². The van der Waals surface area contributed by atoms with Crippen LogP contribution in [0.5, 0.6) is 0 Å². The normalized spacial score (nSPS) is 20.2. The van der Waals surface area contributed by atoms with E-state index in [2.05, 4.69) is 0 Å². The topological polar surface area (TPSA) is 55.8 Å². The van der Waals surface area contributed by atoms with Gasteiger partial charge >= 0.3 is 12.1 Å². The fraction of sp³-hybridized carbons (Fsp3) is 0.833. The van der Waals surface area contributed by atoms with Crippen LogP contribution in [0.3, 0.4) is 0 Å². The molecule has 1 aliphatic rings. The van der Waals surface area contributed by atoms with Crippen molar-refractivity contribution >= 4 is 12.1 Å². The Labute approximate surface area is 102 Å². The molecule has 0 saturated carbocycles. The average molecular weight is 243 g/mol. The number of hydrogen-bond donors (Lipinski definition) is 0. The second-order valence-electron chi connectivity index (χ2n) is 5.08. The molecular formula is C12H21NO4. The van der Waals surface area contributed by atoms with Gasteiger partial charge in [0.05, 0.1) is 6.61 Å². The maximum absolute atomic E-state index is 11.9. The van der Waals surface area contributed by atoms with E-state index in [4.69, 9.17) is 9.47 Å². The van der Waals surface area contributed by atoms with Crippen molar-refractivity contribution in [1.82, 2.24) is 4.90 Å². The number of hydrogen-bond acceptors (Lipinski definition) is 4. The van der Waals surface area contributed by atoms with Crippen LogP contribution in [0.4, 0.5) is 4.79 Å². The first kappa shape index (κ1) is 13.8. The van der Waals surface area contributed by atoms with Crippen molar-refractivity contribution in [3.05, 3.63) is 0 Å². The summed E-state index contributed by atoms with van der Waals surface area (Å²) >= 11 is 0. The lowest BCUT2D eigenvalue weighted by molar-refractivity contribution is -0.148. The first-order valence-corrected chi connectivity index (χ1v) is 6.01. The third-order valence-corrected chi connectivity index (χ3v) is 2.44. The standard InChI is InChI=1S/C12H21NO4/c1-5-16-10(14)9-7-6-8-13(9)11(15)17-12(2,3)4/h9H,5-8H2,1-4H3/t9-/m1/s1. The highest BCUT2D eigenvalue weighted by Crippen LogP contribution is 2.21. The lowest BCUT2D eigenvalue weighted by Gasteiger charge is -2.27. The summed E-state index contributed by atoms with van der Waals surface area (Å²) in [4.78, 5) is 25.0. The summed E-state index contributed by atoms with van der Waals surface area (Å²) < 4.78 is 10.2. The van der Waals surface area contributed by atoms with Gasteiger partial charge in [-0.2, -0.15) is 0 Å². The van der Waals surface area contributed by atoms with Gasteiger partial charge in [0.1, 0.15) is 11.6 Å². The third kappa shape index (κ3) is 3.91. The van der Waals surface area contributed by atoms with E-state index in [1.54, 1.807) is 27.7 Å². The van der Waals surface area contributed by atoms with Crippen LogP contribution < -0.4 is 0 Å². The molecule has 1 saturated heterocycles. The van der Waals surface area contributed by atoms with Crippen molar-refractivity contribution < 1.29 is 19.1 Å². The molecule has 0 aromatic heterocycles. The minimum Gasteiger partial charge on any atom is -0.464 e. The summed E-state index contributed by atoms with van der Waals surface area (Å²) in [5, 5.41) is 0. The van der Waals surface area contributed by atoms with Gasteiger partial charge in [0.2, 0.25) is 0 Å². The third-order valence-electron chi connectivity index (χ3n) is 2.44. The lowest BCUT2D eigenvalue weighted by Crippen LogP contribution is -2.44. The molecule has 1 rings (SSSR count). The minimum atomic E-state index is -0.543. The molecule has 0 N–H and O–H groups in total. The zero-order valence-electron chi connectivity index (χ0n) is 11.0. The summed E-state index contributed by atoms with van der Waals surface area (Å²) in [5.74, 6) is -0.337. The van der Waals surface area contributed by atoms with Crippen molar-refractivity contribution in [2.24, 2.45) is 0 Å². The second-order valence-corrected chi connectivity index (χ2v) is 5.08. The highest BCUT2D eigenvalue weighted by atomic mass is 16.6. The van der Waals surface area contributed by atoms with E-state index < -0.39 is 17.7 Å². The van der Waals surface area contributed by atoms with Crippen LogP contribution >= 0.6 is 0 Å². The van der Waals surface area contributed by atoms with Crippen LogP contribution in [0.15, 0.2) is 0 Å². The van der Waals surface area contributed by atoms with Crippen LogP contribution in [0.2, 0.25) is 0 Å². The van der Waals surface area contributed by atoms with Gasteiger partial charge in [-0.05, 0) is 40.5 Å². The molecule has 0 spiro atoms. The molecule has 0 aromatic carbocycles. The van der Waals surface area contributed by atoms with Gasteiger partial charge < -0.3 is 9.47 Å². The van der Waals surface area contributed by atoms with Crippen molar-refractivity contribution in [3.8, 4) is 0 Å². The average Bonchev–Trinajstić information content (AvgIpc) is 2.63. The Morgan fingerprint density at radius 2 is 2.00 bits per heavy atom. The summed E-state index contributed by atoms with van der Waals surface area (Å²) in [6.45, 7) is 8.06. The van der Waals surface area contributed by atoms with Gasteiger partial charge in [-0.25, -0.2) is 9.59 Å². The maximum Gasteiger partial charge on any atom is 0.411 e. The molecule has 1 fully saturated rings. The van der Waals surface area contributed by atoms with Crippen molar-refractivity contribution in [2.75, 3.05) is 13.2 Å². The van der Waals surface area contributed by atoms with E-state index in [-0.39, 0.29) is 5.97 Å². The van der Waals surface area contributed by atoms with E-state index in [9.17, 15) is 9.59 Å². The maximum atomic E-state index is 11.9. The predicted octanol–water partition coefficient (Wildman–Crippen LogP) is 1.95. The van der Waals surface area contributed by atoms with Gasteiger partial charge in [0.15, 0.2) is 0 Å². The molecular weight excluding hydrogens is 222 g/mol. The summed E-state index contributed by atoms with van der Waals surface area (Å²) in [6, 6.07) is -0.482. The van der Waals surface area contributed by atoms with Crippen LogP contribution in [-0.2, 0) is 14.3 Å². The van der Waals surface area contributed by atoms with E-state index in [0.29, 0.717) is 19.6 Å². The second kappa shape index (κ2) is 5.38. The number of esters is 1. The molecule has 17 heavy (non-hydrogen) atoms. The highest BCUT2D eigenvalue weighted by Gasteiger charge is 2.37. The number of amides is 1. The molecule has 0 radical (unpaired) electrons. The van der Waals surface area contributed by atoms with Gasteiger partial charge in [0.25, 0.3) is 0 Å². The number of likely N-dealkylation sites (tertiary alicyclic amines) is 1. The van der Waals surface area contributed by atoms with Crippen LogP contribution in [0, 0.1) is 0 Å². The van der Waals surface area contributed by atoms with Gasteiger partial charge in [0, 0.05) is 6.54 Å². The molecule has 1 atom stereocenters. The summed E-state index contributed by atoms with van der Waals surface area (Å²) in [5.41, 5.74) is -0.543. The number of ether oxygens (including phenoxy) is 2. The van der Waals surface area contributed by atoms with E-state index >= 15 is 0 Å². The molecule has 1 aliphatic heterocycles. The predicted molar refractivity (Wildman–Crippen MR) is 62.6 cm³/mol. The molecule has 5 heteroatoms. The number of nitrogens with zero attached hydrogens (tertiary/aromatic N) is 1. The van der Waals surface area contributed by atoms with Crippen molar-refractivity contribution in [3.63, 3.8) is 0 Å².